The van der Waals surface area contributed by atoms with E-state index in [0.717, 1.165) is 12.8 Å². The summed E-state index contributed by atoms with van der Waals surface area (Å²) < 4.78 is 23.5. The predicted molar refractivity (Wildman–Crippen MR) is 140 cm³/mol. The number of esters is 1. The van der Waals surface area contributed by atoms with Crippen LogP contribution in [0.4, 0.5) is 5.82 Å². The molecule has 3 aromatic heterocycles. The van der Waals surface area contributed by atoms with Crippen molar-refractivity contribution in [3.63, 3.8) is 0 Å². The first-order chi connectivity index (χ1) is 19.8. The largest absolute Gasteiger partial charge is 0.487 e. The van der Waals surface area contributed by atoms with Crippen molar-refractivity contribution in [2.75, 3.05) is 51.5 Å². The zero-order valence-corrected chi connectivity index (χ0v) is 21.9. The van der Waals surface area contributed by atoms with Crippen molar-refractivity contribution in [2.45, 2.75) is 18.9 Å². The van der Waals surface area contributed by atoms with E-state index in [2.05, 4.69) is 21.4 Å². The monoisotopic (exact) mass is 571 g/mol. The van der Waals surface area contributed by atoms with E-state index in [1.54, 1.807) is 23.0 Å². The topological polar surface area (TPSA) is 234 Å². The molecular weight excluding hydrogens is 542 g/mol. The molecule has 0 atom stereocenters. The Kier molecular flexibility index (Phi) is 11.7. The van der Waals surface area contributed by atoms with Gasteiger partial charge in [-0.05, 0) is 25.0 Å². The summed E-state index contributed by atoms with van der Waals surface area (Å²) in [5, 5.41) is 27.3. The lowest BCUT2D eigenvalue weighted by molar-refractivity contribution is -0.159. The summed E-state index contributed by atoms with van der Waals surface area (Å²) in [4.78, 5) is 42.9. The van der Waals surface area contributed by atoms with Crippen LogP contribution in [0.25, 0.3) is 17.0 Å². The summed E-state index contributed by atoms with van der Waals surface area (Å²) in [6, 6.07) is 7.54. The number of nitriles is 1. The number of rotatable bonds is 11. The third-order valence-corrected chi connectivity index (χ3v) is 5.50. The van der Waals surface area contributed by atoms with Gasteiger partial charge < -0.3 is 40.2 Å². The number of fused-ring (bicyclic) bond motifs is 1. The van der Waals surface area contributed by atoms with Gasteiger partial charge in [0, 0.05) is 31.5 Å². The standard InChI is InChI=1S/C23H27N7O5.C2H2O4/c24-12-16-1-2-20(26-14-16)30-15-27-18-11-19(34-9-7-33-8-10-35-21(31)13-25)22(29-23(18)30)28-17-3-5-32-6-4-17;3-1(4)2(5)6/h1-2,11,14-15,17H,3-10,13,25H2,(H,28,29);(H,3,4)(H,5,6). The molecule has 1 aliphatic heterocycles. The molecule has 218 valence electrons. The number of carbonyl (C=O) groups excluding carboxylic acids is 1. The Morgan fingerprint density at radius 1 is 1.12 bits per heavy atom. The van der Waals surface area contributed by atoms with Crippen molar-refractivity contribution in [3.05, 3.63) is 36.3 Å². The molecule has 41 heavy (non-hydrogen) atoms. The zero-order chi connectivity index (χ0) is 29.6. The molecule has 1 aliphatic rings. The van der Waals surface area contributed by atoms with Gasteiger partial charge in [-0.2, -0.15) is 5.26 Å². The lowest BCUT2D eigenvalue weighted by Crippen LogP contribution is -2.28. The average molecular weight is 572 g/mol. The molecule has 0 saturated carbocycles. The normalized spacial score (nSPS) is 13.0. The number of imidazole rings is 1. The SMILES string of the molecule is N#Cc1ccc(-n2cnc3cc(OCCOCCOC(=O)CN)c(NC4CCOCC4)nc32)nc1.O=C(O)C(=O)O. The molecule has 16 heteroatoms. The average Bonchev–Trinajstić information content (AvgIpc) is 3.39. The lowest BCUT2D eigenvalue weighted by atomic mass is 10.1. The van der Waals surface area contributed by atoms with Gasteiger partial charge in [0.05, 0.1) is 25.3 Å². The summed E-state index contributed by atoms with van der Waals surface area (Å²) in [5.74, 6) is -2.36. The number of carboxylic acids is 2. The minimum Gasteiger partial charge on any atom is -0.487 e. The van der Waals surface area contributed by atoms with Gasteiger partial charge in [0.25, 0.3) is 0 Å². The van der Waals surface area contributed by atoms with Crippen molar-refractivity contribution in [1.82, 2.24) is 19.5 Å². The Morgan fingerprint density at radius 2 is 1.85 bits per heavy atom. The zero-order valence-electron chi connectivity index (χ0n) is 21.9. The van der Waals surface area contributed by atoms with Gasteiger partial charge in [-0.15, -0.1) is 0 Å². The van der Waals surface area contributed by atoms with Gasteiger partial charge in [-0.25, -0.2) is 24.5 Å². The Morgan fingerprint density at radius 3 is 2.49 bits per heavy atom. The summed E-state index contributed by atoms with van der Waals surface area (Å²) in [7, 11) is 0. The maximum absolute atomic E-state index is 11.0. The van der Waals surface area contributed by atoms with E-state index < -0.39 is 17.9 Å². The molecule has 0 aliphatic carbocycles. The van der Waals surface area contributed by atoms with E-state index in [1.807, 2.05) is 6.07 Å². The summed E-state index contributed by atoms with van der Waals surface area (Å²) in [6.45, 7) is 2.19. The van der Waals surface area contributed by atoms with Gasteiger partial charge in [-0.3, -0.25) is 9.36 Å². The highest BCUT2D eigenvalue weighted by Gasteiger charge is 2.19. The van der Waals surface area contributed by atoms with Gasteiger partial charge in [-0.1, -0.05) is 0 Å². The van der Waals surface area contributed by atoms with Crippen LogP contribution in [0.3, 0.4) is 0 Å². The van der Waals surface area contributed by atoms with E-state index in [9.17, 15) is 4.79 Å². The van der Waals surface area contributed by atoms with E-state index >= 15 is 0 Å². The highest BCUT2D eigenvalue weighted by Crippen LogP contribution is 2.29. The summed E-state index contributed by atoms with van der Waals surface area (Å²) in [6.07, 6.45) is 4.87. The molecule has 0 aromatic carbocycles. The molecule has 0 spiro atoms. The quantitative estimate of drug-likeness (QED) is 0.138. The van der Waals surface area contributed by atoms with Crippen LogP contribution in [0.1, 0.15) is 18.4 Å². The van der Waals surface area contributed by atoms with Gasteiger partial charge in [0.1, 0.15) is 36.9 Å². The molecule has 1 saturated heterocycles. The molecule has 1 fully saturated rings. The maximum Gasteiger partial charge on any atom is 0.414 e. The molecule has 0 bridgehead atoms. The molecule has 4 rings (SSSR count). The van der Waals surface area contributed by atoms with E-state index in [4.69, 9.17) is 54.7 Å². The van der Waals surface area contributed by atoms with Gasteiger partial charge >= 0.3 is 17.9 Å². The molecule has 5 N–H and O–H groups in total. The smallest absolute Gasteiger partial charge is 0.414 e. The fourth-order valence-corrected chi connectivity index (χ4v) is 3.52. The Labute approximate surface area is 233 Å². The molecular formula is C25H29N7O9. The first-order valence-corrected chi connectivity index (χ1v) is 12.4. The fraction of sp³-hybridized carbons (Fsp3) is 0.400. The second-order valence-corrected chi connectivity index (χ2v) is 8.34. The van der Waals surface area contributed by atoms with Gasteiger partial charge in [0.15, 0.2) is 17.2 Å². The van der Waals surface area contributed by atoms with E-state index in [0.29, 0.717) is 53.9 Å². The number of hydrogen-bond acceptors (Lipinski definition) is 13. The predicted octanol–water partition coefficient (Wildman–Crippen LogP) is 0.331. The summed E-state index contributed by atoms with van der Waals surface area (Å²) >= 11 is 0. The third-order valence-electron chi connectivity index (χ3n) is 5.50. The lowest BCUT2D eigenvalue weighted by Gasteiger charge is -2.24. The minimum absolute atomic E-state index is 0.140. The molecule has 4 heterocycles. The molecule has 0 radical (unpaired) electrons. The number of ether oxygens (including phenoxy) is 4. The molecule has 16 nitrogen and oxygen atoms in total. The van der Waals surface area contributed by atoms with Crippen LogP contribution in [-0.4, -0.2) is 99.9 Å². The van der Waals surface area contributed by atoms with Crippen LogP contribution < -0.4 is 15.8 Å². The van der Waals surface area contributed by atoms with Crippen molar-refractivity contribution < 1.29 is 43.5 Å². The van der Waals surface area contributed by atoms with Crippen LogP contribution >= 0.6 is 0 Å². The molecule has 3 aromatic rings. The Balaban J connectivity index is 0.000000696. The van der Waals surface area contributed by atoms with Crippen LogP contribution in [0.5, 0.6) is 5.75 Å². The maximum atomic E-state index is 11.0. The van der Waals surface area contributed by atoms with Crippen molar-refractivity contribution in [3.8, 4) is 17.6 Å². The second kappa shape index (κ2) is 15.7. The highest BCUT2D eigenvalue weighted by atomic mass is 16.6. The number of aliphatic carboxylic acids is 2. The fourth-order valence-electron chi connectivity index (χ4n) is 3.52. The number of nitrogens with one attached hydrogen (secondary N) is 1. The summed E-state index contributed by atoms with van der Waals surface area (Å²) in [5.41, 5.74) is 6.92. The van der Waals surface area contributed by atoms with E-state index in [-0.39, 0.29) is 32.4 Å². The Bertz CT molecular complexity index is 1350. The number of aromatic nitrogens is 4. The van der Waals surface area contributed by atoms with Crippen LogP contribution in [0, 0.1) is 11.3 Å². The molecule has 0 unspecified atom stereocenters. The first-order valence-electron chi connectivity index (χ1n) is 12.4. The number of pyridine rings is 2. The third kappa shape index (κ3) is 9.39. The number of carbonyl (C=O) groups is 3. The van der Waals surface area contributed by atoms with Crippen molar-refractivity contribution in [1.29, 1.82) is 5.26 Å². The van der Waals surface area contributed by atoms with Crippen molar-refractivity contribution in [2.24, 2.45) is 5.73 Å². The minimum atomic E-state index is -1.82. The highest BCUT2D eigenvalue weighted by molar-refractivity contribution is 6.27. The number of carboxylic acid groups (broad SMARTS) is 2. The Hall–Kier alpha value is -4.85. The van der Waals surface area contributed by atoms with Crippen LogP contribution in [0.2, 0.25) is 0 Å². The molecule has 0 amide bonds. The van der Waals surface area contributed by atoms with E-state index in [1.165, 1.54) is 6.20 Å². The number of nitrogens with two attached hydrogens (primary N) is 1. The number of anilines is 1. The number of nitrogens with zero attached hydrogens (tertiary/aromatic N) is 5. The van der Waals surface area contributed by atoms with Crippen LogP contribution in [0.15, 0.2) is 30.7 Å². The van der Waals surface area contributed by atoms with Gasteiger partial charge in [0.2, 0.25) is 0 Å². The first kappa shape index (κ1) is 30.7. The number of hydrogen-bond donors (Lipinski definition) is 4. The van der Waals surface area contributed by atoms with Crippen LogP contribution in [-0.2, 0) is 28.6 Å². The van der Waals surface area contributed by atoms with Crippen molar-refractivity contribution >= 4 is 34.9 Å². The second-order valence-electron chi connectivity index (χ2n) is 8.34.